The molecular formula is C12H12Cl2N2O. The minimum absolute atomic E-state index is 0.460. The van der Waals surface area contributed by atoms with Gasteiger partial charge in [0.1, 0.15) is 17.1 Å². The van der Waals surface area contributed by atoms with Gasteiger partial charge < -0.3 is 9.67 Å². The van der Waals surface area contributed by atoms with Crippen LogP contribution in [0.15, 0.2) is 30.5 Å². The van der Waals surface area contributed by atoms with E-state index in [0.717, 1.165) is 5.56 Å². The third-order valence-corrected chi connectivity index (χ3v) is 3.17. The Morgan fingerprint density at radius 3 is 2.76 bits per heavy atom. The standard InChI is InChI=1S/C12H12Cl2N2O/c1-16-11(14)7-15-12(16)10(17)6-8-3-2-4-9(13)5-8/h2-5,7,10,17H,6H2,1H3. The number of benzene rings is 1. The summed E-state index contributed by atoms with van der Waals surface area (Å²) in [6.45, 7) is 0. The van der Waals surface area contributed by atoms with Gasteiger partial charge in [-0.25, -0.2) is 4.98 Å². The predicted molar refractivity (Wildman–Crippen MR) is 68.3 cm³/mol. The Morgan fingerprint density at radius 1 is 1.41 bits per heavy atom. The number of hydrogen-bond donors (Lipinski definition) is 1. The van der Waals surface area contributed by atoms with Crippen molar-refractivity contribution in [2.75, 3.05) is 0 Å². The number of imidazole rings is 1. The molecule has 0 saturated heterocycles. The van der Waals surface area contributed by atoms with E-state index in [4.69, 9.17) is 23.2 Å². The van der Waals surface area contributed by atoms with Crippen LogP contribution in [0.3, 0.4) is 0 Å². The van der Waals surface area contributed by atoms with E-state index in [0.29, 0.717) is 22.4 Å². The van der Waals surface area contributed by atoms with Gasteiger partial charge in [-0.1, -0.05) is 35.3 Å². The molecule has 1 aromatic heterocycles. The summed E-state index contributed by atoms with van der Waals surface area (Å²) in [5.41, 5.74) is 0.962. The summed E-state index contributed by atoms with van der Waals surface area (Å²) >= 11 is 11.8. The van der Waals surface area contributed by atoms with E-state index in [1.165, 1.54) is 6.20 Å². The van der Waals surface area contributed by atoms with Crippen LogP contribution < -0.4 is 0 Å². The van der Waals surface area contributed by atoms with Crippen molar-refractivity contribution in [3.63, 3.8) is 0 Å². The van der Waals surface area contributed by atoms with Crippen molar-refractivity contribution in [2.24, 2.45) is 7.05 Å². The SMILES string of the molecule is Cn1c(Cl)cnc1C(O)Cc1cccc(Cl)c1. The van der Waals surface area contributed by atoms with E-state index in [-0.39, 0.29) is 0 Å². The van der Waals surface area contributed by atoms with Crippen molar-refractivity contribution >= 4 is 23.2 Å². The van der Waals surface area contributed by atoms with Crippen LogP contribution in [0.2, 0.25) is 10.2 Å². The van der Waals surface area contributed by atoms with Crippen LogP contribution in [0.5, 0.6) is 0 Å². The largest absolute Gasteiger partial charge is 0.385 e. The van der Waals surface area contributed by atoms with Gasteiger partial charge in [0.15, 0.2) is 0 Å². The summed E-state index contributed by atoms with van der Waals surface area (Å²) in [6.07, 6.45) is 1.30. The number of aromatic nitrogens is 2. The minimum atomic E-state index is -0.689. The first-order valence-corrected chi connectivity index (χ1v) is 5.93. The third kappa shape index (κ3) is 2.80. The molecule has 1 heterocycles. The molecule has 0 aliphatic rings. The summed E-state index contributed by atoms with van der Waals surface area (Å²) in [4.78, 5) is 4.08. The normalized spacial score (nSPS) is 12.7. The molecule has 1 unspecified atom stereocenters. The van der Waals surface area contributed by atoms with Gasteiger partial charge in [-0.3, -0.25) is 0 Å². The van der Waals surface area contributed by atoms with Gasteiger partial charge in [0.05, 0.1) is 6.20 Å². The molecule has 0 aliphatic carbocycles. The lowest BCUT2D eigenvalue weighted by Crippen LogP contribution is -2.08. The summed E-state index contributed by atoms with van der Waals surface area (Å²) in [7, 11) is 1.77. The molecule has 2 rings (SSSR count). The monoisotopic (exact) mass is 270 g/mol. The smallest absolute Gasteiger partial charge is 0.138 e. The van der Waals surface area contributed by atoms with Gasteiger partial charge in [-0.15, -0.1) is 0 Å². The van der Waals surface area contributed by atoms with Crippen molar-refractivity contribution in [3.05, 3.63) is 52.0 Å². The predicted octanol–water partition coefficient (Wildman–Crippen LogP) is 3.00. The molecule has 3 nitrogen and oxygen atoms in total. The Balaban J connectivity index is 2.17. The van der Waals surface area contributed by atoms with Crippen LogP contribution >= 0.6 is 23.2 Å². The fourth-order valence-electron chi connectivity index (χ4n) is 1.69. The Morgan fingerprint density at radius 2 is 2.18 bits per heavy atom. The molecule has 0 amide bonds. The van der Waals surface area contributed by atoms with Crippen molar-refractivity contribution < 1.29 is 5.11 Å². The highest BCUT2D eigenvalue weighted by atomic mass is 35.5. The summed E-state index contributed by atoms with van der Waals surface area (Å²) < 4.78 is 1.66. The molecule has 90 valence electrons. The fourth-order valence-corrected chi connectivity index (χ4v) is 2.04. The highest BCUT2D eigenvalue weighted by Gasteiger charge is 2.15. The molecule has 0 aliphatic heterocycles. The molecule has 1 aromatic carbocycles. The summed E-state index contributed by atoms with van der Waals surface area (Å²) in [6, 6.07) is 7.40. The van der Waals surface area contributed by atoms with Gasteiger partial charge in [0, 0.05) is 18.5 Å². The lowest BCUT2D eigenvalue weighted by molar-refractivity contribution is 0.165. The highest BCUT2D eigenvalue weighted by Crippen LogP contribution is 2.21. The maximum Gasteiger partial charge on any atom is 0.138 e. The molecule has 17 heavy (non-hydrogen) atoms. The first kappa shape index (κ1) is 12.4. The lowest BCUT2D eigenvalue weighted by atomic mass is 10.1. The number of aliphatic hydroxyl groups is 1. The van der Waals surface area contributed by atoms with Crippen molar-refractivity contribution in [3.8, 4) is 0 Å². The molecule has 2 aromatic rings. The number of rotatable bonds is 3. The molecule has 1 atom stereocenters. The number of halogens is 2. The topological polar surface area (TPSA) is 38.0 Å². The quantitative estimate of drug-likeness (QED) is 0.931. The van der Waals surface area contributed by atoms with Crippen LogP contribution in [0.1, 0.15) is 17.5 Å². The second-order valence-corrected chi connectivity index (χ2v) is 4.67. The van der Waals surface area contributed by atoms with Crippen molar-refractivity contribution in [2.45, 2.75) is 12.5 Å². The number of aliphatic hydroxyl groups excluding tert-OH is 1. The Bertz CT molecular complexity index is 525. The van der Waals surface area contributed by atoms with Gasteiger partial charge in [-0.2, -0.15) is 0 Å². The van der Waals surface area contributed by atoms with Crippen LogP contribution in [0.25, 0.3) is 0 Å². The Hall–Kier alpha value is -1.03. The molecule has 1 N–H and O–H groups in total. The van der Waals surface area contributed by atoms with Crippen LogP contribution in [-0.2, 0) is 13.5 Å². The number of nitrogens with zero attached hydrogens (tertiary/aromatic N) is 2. The van der Waals surface area contributed by atoms with Gasteiger partial charge >= 0.3 is 0 Å². The summed E-state index contributed by atoms with van der Waals surface area (Å²) in [5.74, 6) is 0.551. The van der Waals surface area contributed by atoms with E-state index in [9.17, 15) is 5.11 Å². The summed E-state index contributed by atoms with van der Waals surface area (Å²) in [5, 5.41) is 11.2. The molecular weight excluding hydrogens is 259 g/mol. The first-order chi connectivity index (χ1) is 8.08. The average molecular weight is 271 g/mol. The zero-order valence-electron chi connectivity index (χ0n) is 9.27. The van der Waals surface area contributed by atoms with Crippen LogP contribution in [-0.4, -0.2) is 14.7 Å². The van der Waals surface area contributed by atoms with E-state index >= 15 is 0 Å². The maximum absolute atomic E-state index is 10.1. The average Bonchev–Trinajstić information content (AvgIpc) is 2.60. The fraction of sp³-hybridized carbons (Fsp3) is 0.250. The molecule has 0 fully saturated rings. The molecule has 0 radical (unpaired) electrons. The molecule has 0 saturated carbocycles. The third-order valence-electron chi connectivity index (χ3n) is 2.58. The highest BCUT2D eigenvalue weighted by molar-refractivity contribution is 6.30. The Kier molecular flexibility index (Phi) is 3.72. The Labute approximate surface area is 110 Å². The second kappa shape index (κ2) is 5.08. The lowest BCUT2D eigenvalue weighted by Gasteiger charge is -2.11. The van der Waals surface area contributed by atoms with E-state index in [1.807, 2.05) is 18.2 Å². The van der Waals surface area contributed by atoms with E-state index in [1.54, 1.807) is 17.7 Å². The van der Waals surface area contributed by atoms with Crippen LogP contribution in [0.4, 0.5) is 0 Å². The molecule has 0 spiro atoms. The maximum atomic E-state index is 10.1. The minimum Gasteiger partial charge on any atom is -0.385 e. The van der Waals surface area contributed by atoms with Gasteiger partial charge in [0.2, 0.25) is 0 Å². The van der Waals surface area contributed by atoms with Crippen LogP contribution in [0, 0.1) is 0 Å². The molecule has 0 bridgehead atoms. The number of hydrogen-bond acceptors (Lipinski definition) is 2. The van der Waals surface area contributed by atoms with E-state index in [2.05, 4.69) is 4.98 Å². The van der Waals surface area contributed by atoms with Gasteiger partial charge in [-0.05, 0) is 17.7 Å². The van der Waals surface area contributed by atoms with Crippen molar-refractivity contribution in [1.29, 1.82) is 0 Å². The van der Waals surface area contributed by atoms with Gasteiger partial charge in [0.25, 0.3) is 0 Å². The zero-order chi connectivity index (χ0) is 12.4. The molecule has 5 heteroatoms. The zero-order valence-corrected chi connectivity index (χ0v) is 10.8. The first-order valence-electron chi connectivity index (χ1n) is 5.17. The second-order valence-electron chi connectivity index (χ2n) is 3.85. The van der Waals surface area contributed by atoms with Crippen molar-refractivity contribution in [1.82, 2.24) is 9.55 Å². The van der Waals surface area contributed by atoms with E-state index < -0.39 is 6.10 Å².